The molecule has 0 radical (unpaired) electrons. The molecule has 3 aliphatic heterocycles. The van der Waals surface area contributed by atoms with Crippen molar-refractivity contribution in [3.8, 4) is 74.9 Å². The maximum absolute atomic E-state index is 6.28. The van der Waals surface area contributed by atoms with E-state index in [4.69, 9.17) is 28.4 Å². The van der Waals surface area contributed by atoms with Crippen LogP contribution >= 0.6 is 34.0 Å². The Hall–Kier alpha value is -3.66. The van der Waals surface area contributed by atoms with E-state index in [1.54, 1.807) is 34.0 Å². The summed E-state index contributed by atoms with van der Waals surface area (Å²) in [7, 11) is 0. The van der Waals surface area contributed by atoms with Gasteiger partial charge in [-0.15, -0.1) is 34.0 Å². The van der Waals surface area contributed by atoms with Crippen LogP contribution in [0.3, 0.4) is 0 Å². The minimum absolute atomic E-state index is 0. The molecule has 3 aliphatic rings. The SMILES string of the molecule is C.c1ccc(-c2sc(-c3sc(-c4sc(-c5ccccc5)c5c4OCCO5)c4c3OCCO4)c3c2OCCO3)cc1. The molecule has 0 bridgehead atoms. The van der Waals surface area contributed by atoms with E-state index >= 15 is 0 Å². The van der Waals surface area contributed by atoms with Gasteiger partial charge in [-0.1, -0.05) is 68.1 Å². The highest BCUT2D eigenvalue weighted by Gasteiger charge is 2.36. The van der Waals surface area contributed by atoms with Gasteiger partial charge < -0.3 is 28.4 Å². The van der Waals surface area contributed by atoms with Gasteiger partial charge in [0.2, 0.25) is 0 Å². The molecule has 5 aromatic rings. The van der Waals surface area contributed by atoms with Crippen LogP contribution in [0.5, 0.6) is 34.5 Å². The third-order valence-corrected chi connectivity index (χ3v) is 10.6. The lowest BCUT2D eigenvalue weighted by atomic mass is 10.1. The maximum Gasteiger partial charge on any atom is 0.181 e. The second-order valence-electron chi connectivity index (χ2n) is 9.08. The van der Waals surface area contributed by atoms with E-state index in [0.29, 0.717) is 39.6 Å². The molecule has 0 atom stereocenters. The fraction of sp³-hybridized carbons (Fsp3) is 0.226. The van der Waals surface area contributed by atoms with Crippen LogP contribution < -0.4 is 28.4 Å². The molecule has 0 aliphatic carbocycles. The zero-order chi connectivity index (χ0) is 25.8. The smallest absolute Gasteiger partial charge is 0.181 e. The summed E-state index contributed by atoms with van der Waals surface area (Å²) in [4.78, 5) is 6.05. The summed E-state index contributed by atoms with van der Waals surface area (Å²) < 4.78 is 37.3. The Balaban J connectivity index is 0.00000264. The largest absolute Gasteiger partial charge is 0.485 e. The molecule has 0 amide bonds. The summed E-state index contributed by atoms with van der Waals surface area (Å²) in [5.41, 5.74) is 2.20. The lowest BCUT2D eigenvalue weighted by Gasteiger charge is -2.19. The first-order chi connectivity index (χ1) is 19.4. The summed E-state index contributed by atoms with van der Waals surface area (Å²) in [5.74, 6) is 4.63. The summed E-state index contributed by atoms with van der Waals surface area (Å²) in [5, 5.41) is 0. The molecule has 8 rings (SSSR count). The highest BCUT2D eigenvalue weighted by Crippen LogP contribution is 2.64. The lowest BCUT2D eigenvalue weighted by Crippen LogP contribution is -2.16. The molecular formula is C31H26O6S3. The van der Waals surface area contributed by atoms with E-state index in [-0.39, 0.29) is 7.43 Å². The van der Waals surface area contributed by atoms with E-state index in [9.17, 15) is 0 Å². The number of ether oxygens (including phenoxy) is 6. The predicted octanol–water partition coefficient (Wildman–Crippen LogP) is 8.49. The topological polar surface area (TPSA) is 55.4 Å². The normalized spacial score (nSPS) is 14.9. The van der Waals surface area contributed by atoms with E-state index in [0.717, 1.165) is 74.9 Å². The van der Waals surface area contributed by atoms with Gasteiger partial charge in [0.15, 0.2) is 34.5 Å². The highest BCUT2D eigenvalue weighted by atomic mass is 32.1. The zero-order valence-corrected chi connectivity index (χ0v) is 23.1. The number of thiophene rings is 3. The van der Waals surface area contributed by atoms with E-state index in [1.807, 2.05) is 36.4 Å². The van der Waals surface area contributed by atoms with Crippen molar-refractivity contribution < 1.29 is 28.4 Å². The lowest BCUT2D eigenvalue weighted by molar-refractivity contribution is 0.171. The van der Waals surface area contributed by atoms with Crippen molar-refractivity contribution in [2.75, 3.05) is 39.6 Å². The fourth-order valence-electron chi connectivity index (χ4n) is 5.01. The molecular weight excluding hydrogens is 565 g/mol. The van der Waals surface area contributed by atoms with E-state index in [2.05, 4.69) is 24.3 Å². The van der Waals surface area contributed by atoms with Gasteiger partial charge in [0.1, 0.15) is 39.6 Å². The third-order valence-electron chi connectivity index (χ3n) is 6.68. The summed E-state index contributed by atoms with van der Waals surface area (Å²) >= 11 is 4.98. The molecule has 6 nitrogen and oxygen atoms in total. The van der Waals surface area contributed by atoms with Crippen LogP contribution in [0.25, 0.3) is 40.4 Å². The number of hydrogen-bond acceptors (Lipinski definition) is 9. The van der Waals surface area contributed by atoms with Crippen molar-refractivity contribution in [3.05, 3.63) is 60.7 Å². The molecule has 3 aromatic heterocycles. The second-order valence-corrected chi connectivity index (χ2v) is 12.1. The fourth-order valence-corrected chi connectivity index (χ4v) is 8.84. The molecule has 6 heterocycles. The van der Waals surface area contributed by atoms with Crippen LogP contribution in [0.2, 0.25) is 0 Å². The van der Waals surface area contributed by atoms with Gasteiger partial charge in [0, 0.05) is 0 Å². The number of hydrogen-bond donors (Lipinski definition) is 0. The molecule has 0 saturated carbocycles. The van der Waals surface area contributed by atoms with Crippen LogP contribution in [0.4, 0.5) is 0 Å². The molecule has 0 spiro atoms. The van der Waals surface area contributed by atoms with Gasteiger partial charge in [0.25, 0.3) is 0 Å². The first-order valence-corrected chi connectivity index (χ1v) is 15.2. The minimum Gasteiger partial charge on any atom is -0.485 e. The molecule has 0 fully saturated rings. The molecule has 0 unspecified atom stereocenters. The Morgan fingerprint density at radius 1 is 0.350 bits per heavy atom. The van der Waals surface area contributed by atoms with E-state index in [1.165, 1.54) is 0 Å². The molecule has 0 saturated heterocycles. The molecule has 2 aromatic carbocycles. The third kappa shape index (κ3) is 4.03. The summed E-state index contributed by atoms with van der Waals surface area (Å²) in [6.45, 7) is 3.04. The first kappa shape index (κ1) is 25.3. The van der Waals surface area contributed by atoms with Gasteiger partial charge in [-0.25, -0.2) is 0 Å². The predicted molar refractivity (Wildman–Crippen MR) is 162 cm³/mol. The maximum atomic E-state index is 6.28. The standard InChI is InChI=1S/C30H22O6S3.CH4/c1-3-7-17(8-4-1)25-19-21(33-13-11-31-19)27(37-25)29-23-24(36-16-15-35-23)30(39-29)28-22-20(32-12-14-34-22)26(38-28)18-9-5-2-6-10-18;/h1-10H,11-16H2;1H4. The Morgan fingerprint density at radius 3 is 0.900 bits per heavy atom. The summed E-state index contributed by atoms with van der Waals surface area (Å²) in [6, 6.07) is 20.6. The Morgan fingerprint density at radius 2 is 0.600 bits per heavy atom. The van der Waals surface area contributed by atoms with Crippen LogP contribution in [-0.4, -0.2) is 39.6 Å². The van der Waals surface area contributed by atoms with Gasteiger partial charge in [-0.2, -0.15) is 0 Å². The van der Waals surface area contributed by atoms with Gasteiger partial charge >= 0.3 is 0 Å². The highest BCUT2D eigenvalue weighted by molar-refractivity contribution is 7.29. The number of benzene rings is 2. The van der Waals surface area contributed by atoms with Crippen LogP contribution in [-0.2, 0) is 0 Å². The van der Waals surface area contributed by atoms with Crippen molar-refractivity contribution in [2.45, 2.75) is 7.43 Å². The number of rotatable bonds is 4. The Kier molecular flexibility index (Phi) is 6.57. The molecule has 204 valence electrons. The molecule has 40 heavy (non-hydrogen) atoms. The van der Waals surface area contributed by atoms with Crippen LogP contribution in [0, 0.1) is 0 Å². The van der Waals surface area contributed by atoms with Crippen molar-refractivity contribution in [1.82, 2.24) is 0 Å². The minimum atomic E-state index is 0. The van der Waals surface area contributed by atoms with E-state index < -0.39 is 0 Å². The van der Waals surface area contributed by atoms with Crippen molar-refractivity contribution in [1.29, 1.82) is 0 Å². The van der Waals surface area contributed by atoms with Gasteiger partial charge in [-0.3, -0.25) is 0 Å². The van der Waals surface area contributed by atoms with Crippen molar-refractivity contribution >= 4 is 34.0 Å². The quantitative estimate of drug-likeness (QED) is 0.209. The zero-order valence-electron chi connectivity index (χ0n) is 20.7. The Bertz CT molecular complexity index is 1550. The van der Waals surface area contributed by atoms with Crippen molar-refractivity contribution in [2.24, 2.45) is 0 Å². The van der Waals surface area contributed by atoms with Crippen molar-refractivity contribution in [3.63, 3.8) is 0 Å². The van der Waals surface area contributed by atoms with Crippen LogP contribution in [0.1, 0.15) is 7.43 Å². The average Bonchev–Trinajstić information content (AvgIpc) is 3.70. The van der Waals surface area contributed by atoms with Gasteiger partial charge in [0.05, 0.1) is 29.3 Å². The molecule has 0 N–H and O–H groups in total. The monoisotopic (exact) mass is 590 g/mol. The number of fused-ring (bicyclic) bond motifs is 3. The molecule has 9 heteroatoms. The van der Waals surface area contributed by atoms with Gasteiger partial charge in [-0.05, 0) is 11.1 Å². The average molecular weight is 591 g/mol. The second kappa shape index (κ2) is 10.4. The summed E-state index contributed by atoms with van der Waals surface area (Å²) in [6.07, 6.45) is 0. The first-order valence-electron chi connectivity index (χ1n) is 12.8. The Labute approximate surface area is 244 Å². The van der Waals surface area contributed by atoms with Crippen LogP contribution in [0.15, 0.2) is 60.7 Å².